The molecule has 2 saturated heterocycles. The molecule has 0 radical (unpaired) electrons. The van der Waals surface area contributed by atoms with E-state index in [2.05, 4.69) is 17.3 Å². The van der Waals surface area contributed by atoms with Gasteiger partial charge in [-0.15, -0.1) is 0 Å². The van der Waals surface area contributed by atoms with Crippen molar-refractivity contribution < 1.29 is 13.9 Å². The van der Waals surface area contributed by atoms with Gasteiger partial charge in [-0.3, -0.25) is 4.90 Å². The van der Waals surface area contributed by atoms with Crippen LogP contribution in [-0.2, 0) is 11.3 Å². The second kappa shape index (κ2) is 5.58. The van der Waals surface area contributed by atoms with Crippen molar-refractivity contribution in [2.45, 2.75) is 50.4 Å². The van der Waals surface area contributed by atoms with Crippen LogP contribution in [0.3, 0.4) is 0 Å². The molecule has 2 aliphatic heterocycles. The molecule has 0 amide bonds. The topological polar surface area (TPSA) is 54.7 Å². The van der Waals surface area contributed by atoms with Crippen molar-refractivity contribution in [1.29, 1.82) is 0 Å². The van der Waals surface area contributed by atoms with E-state index in [1.54, 1.807) is 6.26 Å². The van der Waals surface area contributed by atoms with Crippen molar-refractivity contribution in [2.75, 3.05) is 14.2 Å². The molecule has 0 saturated carbocycles. The van der Waals surface area contributed by atoms with Crippen molar-refractivity contribution in [3.8, 4) is 0 Å². The first-order valence-electron chi connectivity index (χ1n) is 7.28. The van der Waals surface area contributed by atoms with Crippen LogP contribution >= 0.6 is 0 Å². The summed E-state index contributed by atoms with van der Waals surface area (Å²) in [5.74, 6) is -0.0694. The molecule has 3 heterocycles. The fourth-order valence-corrected chi connectivity index (χ4v) is 3.52. The van der Waals surface area contributed by atoms with Gasteiger partial charge in [0.15, 0.2) is 0 Å². The molecular formula is C15H22N2O3. The van der Waals surface area contributed by atoms with E-state index < -0.39 is 5.97 Å². The summed E-state index contributed by atoms with van der Waals surface area (Å²) >= 11 is 0. The number of carbonyl (C=O) groups is 1. The van der Waals surface area contributed by atoms with Crippen molar-refractivity contribution in [2.24, 2.45) is 0 Å². The lowest BCUT2D eigenvalue weighted by Crippen LogP contribution is -2.46. The van der Waals surface area contributed by atoms with Crippen LogP contribution < -0.4 is 5.32 Å². The molecule has 20 heavy (non-hydrogen) atoms. The molecule has 5 nitrogen and oxygen atoms in total. The molecule has 1 aromatic heterocycles. The number of rotatable bonds is 4. The minimum absolute atomic E-state index is 0.330. The Balaban J connectivity index is 1.65. The highest BCUT2D eigenvalue weighted by atomic mass is 16.5. The summed E-state index contributed by atoms with van der Waals surface area (Å²) in [6.07, 6.45) is 6.54. The first kappa shape index (κ1) is 13.6. The molecule has 1 N–H and O–H groups in total. The number of hydrogen-bond acceptors (Lipinski definition) is 5. The maximum atomic E-state index is 11.6. The molecular weight excluding hydrogens is 256 g/mol. The summed E-state index contributed by atoms with van der Waals surface area (Å²) < 4.78 is 9.99. The van der Waals surface area contributed by atoms with Crippen molar-refractivity contribution in [1.82, 2.24) is 10.2 Å². The summed E-state index contributed by atoms with van der Waals surface area (Å²) in [7, 11) is 3.51. The third kappa shape index (κ3) is 2.60. The number of piperidine rings is 1. The van der Waals surface area contributed by atoms with Gasteiger partial charge in [-0.2, -0.15) is 0 Å². The van der Waals surface area contributed by atoms with Crippen molar-refractivity contribution >= 4 is 5.97 Å². The Kier molecular flexibility index (Phi) is 3.81. The lowest BCUT2D eigenvalue weighted by molar-refractivity contribution is 0.0560. The molecule has 2 atom stereocenters. The van der Waals surface area contributed by atoms with E-state index in [0.29, 0.717) is 23.9 Å². The summed E-state index contributed by atoms with van der Waals surface area (Å²) in [4.78, 5) is 14.0. The molecule has 5 heteroatoms. The number of hydrogen-bond donors (Lipinski definition) is 1. The van der Waals surface area contributed by atoms with E-state index in [4.69, 9.17) is 9.15 Å². The second-order valence-electron chi connectivity index (χ2n) is 5.94. The van der Waals surface area contributed by atoms with Crippen LogP contribution in [-0.4, -0.2) is 43.2 Å². The zero-order valence-electron chi connectivity index (χ0n) is 12.1. The van der Waals surface area contributed by atoms with Gasteiger partial charge in [-0.25, -0.2) is 4.79 Å². The Hall–Kier alpha value is -1.33. The Morgan fingerprint density at radius 2 is 2.15 bits per heavy atom. The van der Waals surface area contributed by atoms with Crippen LogP contribution in [0, 0.1) is 0 Å². The van der Waals surface area contributed by atoms with Crippen LogP contribution in [0.25, 0.3) is 0 Å². The SMILES string of the molecule is COC(=O)c1occc1CN(C)C1CC2CCC(C1)N2. The normalized spacial score (nSPS) is 28.9. The number of furan rings is 1. The van der Waals surface area contributed by atoms with E-state index in [0.717, 1.165) is 12.1 Å². The number of ether oxygens (including phenoxy) is 1. The fraction of sp³-hybridized carbons (Fsp3) is 0.667. The van der Waals surface area contributed by atoms with Crippen molar-refractivity contribution in [3.05, 3.63) is 23.7 Å². The van der Waals surface area contributed by atoms with Crippen LogP contribution in [0.15, 0.2) is 16.7 Å². The van der Waals surface area contributed by atoms with Crippen LogP contribution in [0.2, 0.25) is 0 Å². The van der Waals surface area contributed by atoms with Gasteiger partial charge >= 0.3 is 5.97 Å². The second-order valence-corrected chi connectivity index (χ2v) is 5.94. The third-order valence-corrected chi connectivity index (χ3v) is 4.61. The number of nitrogens with zero attached hydrogens (tertiary/aromatic N) is 1. The minimum Gasteiger partial charge on any atom is -0.463 e. The zero-order valence-corrected chi connectivity index (χ0v) is 12.1. The number of methoxy groups -OCH3 is 1. The molecule has 2 bridgehead atoms. The average molecular weight is 278 g/mol. The Bertz CT molecular complexity index is 473. The zero-order chi connectivity index (χ0) is 14.1. The van der Waals surface area contributed by atoms with Crippen molar-refractivity contribution in [3.63, 3.8) is 0 Å². The molecule has 0 spiro atoms. The fourth-order valence-electron chi connectivity index (χ4n) is 3.52. The predicted octanol–water partition coefficient (Wildman–Crippen LogP) is 1.78. The molecule has 110 valence electrons. The monoisotopic (exact) mass is 278 g/mol. The van der Waals surface area contributed by atoms with Gasteiger partial charge in [0, 0.05) is 30.2 Å². The summed E-state index contributed by atoms with van der Waals surface area (Å²) in [5, 5.41) is 3.65. The van der Waals surface area contributed by atoms with E-state index in [1.807, 2.05) is 6.07 Å². The largest absolute Gasteiger partial charge is 0.463 e. The Morgan fingerprint density at radius 1 is 1.45 bits per heavy atom. The highest BCUT2D eigenvalue weighted by molar-refractivity contribution is 5.87. The lowest BCUT2D eigenvalue weighted by Gasteiger charge is -2.35. The maximum Gasteiger partial charge on any atom is 0.374 e. The average Bonchev–Trinajstić information content (AvgIpc) is 3.04. The van der Waals surface area contributed by atoms with Crippen LogP contribution in [0.1, 0.15) is 41.8 Å². The van der Waals surface area contributed by atoms with Crippen LogP contribution in [0.5, 0.6) is 0 Å². The molecule has 2 aliphatic rings. The number of carbonyl (C=O) groups excluding carboxylic acids is 1. The van der Waals surface area contributed by atoms with Gasteiger partial charge in [0.05, 0.1) is 13.4 Å². The Labute approximate surface area is 119 Å². The van der Waals surface area contributed by atoms with Gasteiger partial charge in [0.2, 0.25) is 5.76 Å². The van der Waals surface area contributed by atoms with Gasteiger partial charge < -0.3 is 14.5 Å². The molecule has 2 fully saturated rings. The molecule has 0 aromatic carbocycles. The van der Waals surface area contributed by atoms with E-state index in [-0.39, 0.29) is 0 Å². The molecule has 2 unspecified atom stereocenters. The lowest BCUT2D eigenvalue weighted by atomic mass is 9.98. The van der Waals surface area contributed by atoms with Gasteiger partial charge in [0.25, 0.3) is 0 Å². The third-order valence-electron chi connectivity index (χ3n) is 4.61. The van der Waals surface area contributed by atoms with E-state index >= 15 is 0 Å². The van der Waals surface area contributed by atoms with Gasteiger partial charge in [-0.1, -0.05) is 0 Å². The molecule has 0 aliphatic carbocycles. The highest BCUT2D eigenvalue weighted by Crippen LogP contribution is 2.30. The first-order valence-corrected chi connectivity index (χ1v) is 7.28. The van der Waals surface area contributed by atoms with E-state index in [1.165, 1.54) is 32.8 Å². The molecule has 3 rings (SSSR count). The number of esters is 1. The highest BCUT2D eigenvalue weighted by Gasteiger charge is 2.35. The van der Waals surface area contributed by atoms with Gasteiger partial charge in [-0.05, 0) is 38.8 Å². The van der Waals surface area contributed by atoms with Crippen LogP contribution in [0.4, 0.5) is 0 Å². The predicted molar refractivity (Wildman–Crippen MR) is 74.5 cm³/mol. The Morgan fingerprint density at radius 3 is 2.80 bits per heavy atom. The summed E-state index contributed by atoms with van der Waals surface area (Å²) in [5.41, 5.74) is 0.908. The standard InChI is InChI=1S/C15H22N2O3/c1-17(13-7-11-3-4-12(8-13)16-11)9-10-5-6-20-14(10)15(18)19-2/h5-6,11-13,16H,3-4,7-9H2,1-2H3. The summed E-state index contributed by atoms with van der Waals surface area (Å²) in [6.45, 7) is 0.727. The number of nitrogens with one attached hydrogen (secondary N) is 1. The van der Waals surface area contributed by atoms with Gasteiger partial charge in [0.1, 0.15) is 0 Å². The molecule has 1 aromatic rings. The first-order chi connectivity index (χ1) is 9.67. The smallest absolute Gasteiger partial charge is 0.374 e. The summed E-state index contributed by atoms with van der Waals surface area (Å²) in [6, 6.07) is 3.78. The number of fused-ring (bicyclic) bond motifs is 2. The maximum absolute atomic E-state index is 11.6. The van der Waals surface area contributed by atoms with E-state index in [9.17, 15) is 4.79 Å². The minimum atomic E-state index is -0.399. The quantitative estimate of drug-likeness (QED) is 0.851.